The minimum Gasteiger partial charge on any atom is -0.497 e. The highest BCUT2D eigenvalue weighted by Gasteiger charge is 2.31. The highest BCUT2D eigenvalue weighted by Crippen LogP contribution is 2.34. The van der Waals surface area contributed by atoms with Crippen molar-refractivity contribution in [1.82, 2.24) is 34.3 Å². The van der Waals surface area contributed by atoms with E-state index in [2.05, 4.69) is 27.2 Å². The number of nitrogens with one attached hydrogen (secondary N) is 1. The molecule has 4 aromatic heterocycles. The number of fused-ring (bicyclic) bond motifs is 1. The number of anilines is 2. The van der Waals surface area contributed by atoms with Crippen LogP contribution in [0.15, 0.2) is 47.5 Å². The second-order valence-electron chi connectivity index (χ2n) is 12.0. The first-order valence-electron chi connectivity index (χ1n) is 14.8. The minimum absolute atomic E-state index is 0.0999. The molecule has 6 rings (SSSR count). The van der Waals surface area contributed by atoms with Gasteiger partial charge >= 0.3 is 0 Å². The van der Waals surface area contributed by atoms with Crippen LogP contribution in [-0.4, -0.2) is 71.9 Å². The highest BCUT2D eigenvalue weighted by molar-refractivity contribution is 5.66. The summed E-state index contributed by atoms with van der Waals surface area (Å²) < 4.78 is 20.2. The van der Waals surface area contributed by atoms with E-state index >= 15 is 0 Å². The Morgan fingerprint density at radius 1 is 1.16 bits per heavy atom. The number of benzene rings is 1. The molecular formula is C31H39N9O4. The van der Waals surface area contributed by atoms with Crippen molar-refractivity contribution in [3.8, 4) is 23.1 Å². The van der Waals surface area contributed by atoms with Crippen molar-refractivity contribution in [3.05, 3.63) is 60.0 Å². The van der Waals surface area contributed by atoms with Crippen molar-refractivity contribution in [2.75, 3.05) is 31.0 Å². The molecule has 5 aromatic rings. The van der Waals surface area contributed by atoms with Crippen LogP contribution in [0.5, 0.6) is 11.5 Å². The van der Waals surface area contributed by atoms with Crippen molar-refractivity contribution < 1.29 is 19.0 Å². The van der Waals surface area contributed by atoms with Crippen molar-refractivity contribution in [1.29, 1.82) is 0 Å². The summed E-state index contributed by atoms with van der Waals surface area (Å²) in [5, 5.41) is 23.2. The zero-order valence-electron chi connectivity index (χ0n) is 26.0. The number of rotatable bonds is 10. The summed E-state index contributed by atoms with van der Waals surface area (Å²) >= 11 is 0. The number of piperidine rings is 1. The van der Waals surface area contributed by atoms with Crippen molar-refractivity contribution in [3.63, 3.8) is 0 Å². The Morgan fingerprint density at radius 3 is 2.73 bits per heavy atom. The molecule has 2 atom stereocenters. The normalized spacial score (nSPS) is 17.3. The molecule has 232 valence electrons. The third-order valence-electron chi connectivity index (χ3n) is 8.05. The zero-order chi connectivity index (χ0) is 31.0. The summed E-state index contributed by atoms with van der Waals surface area (Å²) in [7, 11) is 3.26. The largest absolute Gasteiger partial charge is 0.497 e. The first kappa shape index (κ1) is 29.4. The van der Waals surface area contributed by atoms with Crippen molar-refractivity contribution in [2.24, 2.45) is 0 Å². The molecule has 1 aliphatic heterocycles. The van der Waals surface area contributed by atoms with Gasteiger partial charge in [0.15, 0.2) is 11.5 Å². The van der Waals surface area contributed by atoms with Crippen LogP contribution < -0.4 is 19.7 Å². The van der Waals surface area contributed by atoms with Crippen molar-refractivity contribution in [2.45, 2.75) is 71.2 Å². The van der Waals surface area contributed by atoms with Gasteiger partial charge in [-0.25, -0.2) is 15.0 Å². The molecule has 1 saturated heterocycles. The average molecular weight is 602 g/mol. The van der Waals surface area contributed by atoms with E-state index < -0.39 is 5.60 Å². The van der Waals surface area contributed by atoms with Crippen LogP contribution in [0.3, 0.4) is 0 Å². The summed E-state index contributed by atoms with van der Waals surface area (Å²) in [5.41, 5.74) is 3.23. The number of methoxy groups -OCH3 is 2. The number of oxazole rings is 1. The SMILES string of the molecule is COc1ccc(CNc2nc(-c3ncco3)c(C)c3nc([C@H]4CC[C@@H](C)N(c5cnn(CC(C)(C)O)c5)C4)nn23)c(OC)c1. The molecular weight excluding hydrogens is 562 g/mol. The lowest BCUT2D eigenvalue weighted by Gasteiger charge is -2.37. The molecule has 0 amide bonds. The molecule has 1 aliphatic rings. The fraction of sp³-hybridized carbons (Fsp3) is 0.452. The lowest BCUT2D eigenvalue weighted by molar-refractivity contribution is 0.0577. The lowest BCUT2D eigenvalue weighted by atomic mass is 9.92. The Labute approximate surface area is 255 Å². The summed E-state index contributed by atoms with van der Waals surface area (Å²) in [6.45, 7) is 9.35. The monoisotopic (exact) mass is 601 g/mol. The number of aliphatic hydroxyl groups is 1. The Morgan fingerprint density at radius 2 is 2.00 bits per heavy atom. The van der Waals surface area contributed by atoms with E-state index in [1.807, 2.05) is 37.5 Å². The van der Waals surface area contributed by atoms with Crippen LogP contribution in [0.1, 0.15) is 56.5 Å². The number of aromatic nitrogens is 7. The second kappa shape index (κ2) is 11.8. The fourth-order valence-corrected chi connectivity index (χ4v) is 5.73. The Bertz CT molecular complexity index is 1740. The molecule has 0 radical (unpaired) electrons. The van der Waals surface area contributed by atoms with Crippen LogP contribution in [0.2, 0.25) is 0 Å². The lowest BCUT2D eigenvalue weighted by Crippen LogP contribution is -2.41. The van der Waals surface area contributed by atoms with Crippen LogP contribution >= 0.6 is 0 Å². The van der Waals surface area contributed by atoms with Gasteiger partial charge in [0.1, 0.15) is 23.5 Å². The molecule has 1 fully saturated rings. The van der Waals surface area contributed by atoms with Crippen LogP contribution in [0, 0.1) is 6.92 Å². The third-order valence-corrected chi connectivity index (χ3v) is 8.05. The second-order valence-corrected chi connectivity index (χ2v) is 12.0. The van der Waals surface area contributed by atoms with Crippen LogP contribution in [0.25, 0.3) is 17.2 Å². The number of hydrogen-bond donors (Lipinski definition) is 2. The van der Waals surface area contributed by atoms with Gasteiger partial charge in [-0.2, -0.15) is 9.61 Å². The van der Waals surface area contributed by atoms with Gasteiger partial charge in [-0.15, -0.1) is 5.10 Å². The first-order valence-corrected chi connectivity index (χ1v) is 14.8. The van der Waals surface area contributed by atoms with E-state index in [4.69, 9.17) is 29.0 Å². The number of hydrogen-bond acceptors (Lipinski definition) is 11. The summed E-state index contributed by atoms with van der Waals surface area (Å²) in [5.74, 6) is 3.21. The van der Waals surface area contributed by atoms with Gasteiger partial charge in [0.05, 0.1) is 44.4 Å². The van der Waals surface area contributed by atoms with Gasteiger partial charge < -0.3 is 29.2 Å². The standard InChI is InChI=1S/C31H39N9O4/c1-19-7-8-22(16-39(19)23-15-34-38(17-23)18-31(3,4)41)27-36-28-20(2)26(29-32-11-12-44-29)35-30(40(28)37-27)33-14-21-9-10-24(42-5)13-25(21)43-6/h9-13,15,17,19,22,41H,7-8,14,16,18H2,1-6H3,(H,33,35)/t19-,22+/m1/s1. The van der Waals surface area contributed by atoms with Gasteiger partial charge in [-0.05, 0) is 52.7 Å². The topological polar surface area (TPSA) is 141 Å². The van der Waals surface area contributed by atoms with Gasteiger partial charge in [0, 0.05) is 48.4 Å². The average Bonchev–Trinajstić information content (AvgIpc) is 3.78. The maximum absolute atomic E-state index is 10.3. The molecule has 0 aliphatic carbocycles. The van der Waals surface area contributed by atoms with E-state index in [-0.39, 0.29) is 5.92 Å². The first-order chi connectivity index (χ1) is 21.1. The van der Waals surface area contributed by atoms with E-state index in [0.717, 1.165) is 42.0 Å². The van der Waals surface area contributed by atoms with E-state index in [1.165, 1.54) is 6.26 Å². The summed E-state index contributed by atoms with van der Waals surface area (Å²) in [6, 6.07) is 6.04. The van der Waals surface area contributed by atoms with Crippen LogP contribution in [-0.2, 0) is 13.1 Å². The molecule has 0 bridgehead atoms. The molecule has 2 N–H and O–H groups in total. The van der Waals surface area contributed by atoms with E-state index in [0.29, 0.717) is 53.8 Å². The predicted octanol–water partition coefficient (Wildman–Crippen LogP) is 4.46. The Kier molecular flexibility index (Phi) is 7.89. The molecule has 0 spiro atoms. The molecule has 1 aromatic carbocycles. The molecule has 5 heterocycles. The zero-order valence-corrected chi connectivity index (χ0v) is 26.0. The third kappa shape index (κ3) is 5.91. The maximum atomic E-state index is 10.3. The predicted molar refractivity (Wildman–Crippen MR) is 165 cm³/mol. The van der Waals surface area contributed by atoms with Gasteiger partial charge in [0.2, 0.25) is 11.8 Å². The fourth-order valence-electron chi connectivity index (χ4n) is 5.73. The number of nitrogens with zero attached hydrogens (tertiary/aromatic N) is 8. The van der Waals surface area contributed by atoms with Gasteiger partial charge in [0.25, 0.3) is 0 Å². The smallest absolute Gasteiger partial charge is 0.245 e. The minimum atomic E-state index is -0.847. The van der Waals surface area contributed by atoms with Crippen molar-refractivity contribution >= 4 is 17.3 Å². The van der Waals surface area contributed by atoms with Gasteiger partial charge in [-0.3, -0.25) is 4.68 Å². The number of aryl methyl sites for hydroxylation is 1. The summed E-state index contributed by atoms with van der Waals surface area (Å²) in [6.07, 6.45) is 8.95. The molecule has 0 unspecified atom stereocenters. The van der Waals surface area contributed by atoms with E-state index in [1.54, 1.807) is 43.5 Å². The molecule has 13 nitrogen and oxygen atoms in total. The maximum Gasteiger partial charge on any atom is 0.245 e. The van der Waals surface area contributed by atoms with Gasteiger partial charge in [-0.1, -0.05) is 0 Å². The molecule has 44 heavy (non-hydrogen) atoms. The molecule has 13 heteroatoms. The Hall–Kier alpha value is -4.65. The Balaban J connectivity index is 1.33. The summed E-state index contributed by atoms with van der Waals surface area (Å²) in [4.78, 5) is 16.7. The van der Waals surface area contributed by atoms with Crippen LogP contribution in [0.4, 0.5) is 11.6 Å². The van der Waals surface area contributed by atoms with E-state index in [9.17, 15) is 5.11 Å². The number of ether oxygens (including phenoxy) is 2. The highest BCUT2D eigenvalue weighted by atomic mass is 16.5. The quantitative estimate of drug-likeness (QED) is 0.234. The molecule has 0 saturated carbocycles.